The molecule has 2 heterocycles. The summed E-state index contributed by atoms with van der Waals surface area (Å²) in [7, 11) is 0. The van der Waals surface area contributed by atoms with Gasteiger partial charge in [0.05, 0.1) is 16.8 Å². The van der Waals surface area contributed by atoms with Gasteiger partial charge in [0.25, 0.3) is 0 Å². The van der Waals surface area contributed by atoms with Gasteiger partial charge in [0.1, 0.15) is 5.82 Å². The first-order valence-corrected chi connectivity index (χ1v) is 10.9. The topological polar surface area (TPSA) is 66.5 Å². The molecule has 1 aliphatic rings. The third kappa shape index (κ3) is 4.08. The number of aryl methyl sites for hydroxylation is 1. The van der Waals surface area contributed by atoms with Crippen molar-refractivity contribution < 1.29 is 13.2 Å². The molecule has 5 rings (SSSR count). The van der Waals surface area contributed by atoms with Crippen molar-refractivity contribution in [2.45, 2.75) is 32.4 Å². The zero-order chi connectivity index (χ0) is 23.0. The smallest absolute Gasteiger partial charge is 0.322 e. The summed E-state index contributed by atoms with van der Waals surface area (Å²) in [5, 5.41) is 11.4. The van der Waals surface area contributed by atoms with Gasteiger partial charge in [-0.15, -0.1) is 0 Å². The van der Waals surface area contributed by atoms with Crippen LogP contribution in [0.4, 0.5) is 24.8 Å². The first kappa shape index (κ1) is 21.2. The Labute approximate surface area is 188 Å². The van der Waals surface area contributed by atoms with Crippen molar-refractivity contribution in [2.75, 3.05) is 5.32 Å². The highest BCUT2D eigenvalue weighted by Gasteiger charge is 2.34. The number of aromatic amines is 1. The molecule has 8 heteroatoms. The monoisotopic (exact) mass is 449 g/mol. The Morgan fingerprint density at radius 2 is 1.82 bits per heavy atom. The summed E-state index contributed by atoms with van der Waals surface area (Å²) < 4.78 is 41.2. The first-order valence-electron chi connectivity index (χ1n) is 10.9. The number of anilines is 2. The third-order valence-corrected chi connectivity index (χ3v) is 6.02. The van der Waals surface area contributed by atoms with Gasteiger partial charge in [-0.1, -0.05) is 49.4 Å². The van der Waals surface area contributed by atoms with Gasteiger partial charge >= 0.3 is 6.18 Å². The van der Waals surface area contributed by atoms with Crippen molar-refractivity contribution in [3.05, 3.63) is 71.4 Å². The number of aromatic nitrogens is 4. The van der Waals surface area contributed by atoms with E-state index in [1.165, 1.54) is 12.1 Å². The van der Waals surface area contributed by atoms with Crippen molar-refractivity contribution in [1.29, 1.82) is 0 Å². The molecule has 0 bridgehead atoms. The SMILES string of the molecule is CCC1C=Cc2c(nc(-c3ccccc3C(F)(F)F)nc2Nc2n[nH]c3ccccc23)CC1. The van der Waals surface area contributed by atoms with Crippen LogP contribution in [0.1, 0.15) is 36.6 Å². The number of hydrogen-bond acceptors (Lipinski definition) is 4. The minimum Gasteiger partial charge on any atom is -0.322 e. The van der Waals surface area contributed by atoms with Crippen LogP contribution >= 0.6 is 0 Å². The standard InChI is InChI=1S/C25H22F3N5/c1-2-15-11-13-18-20(14-12-15)29-22(16-7-3-5-9-19(16)25(26,27)28)30-23(18)31-24-17-8-4-6-10-21(17)32-33-24/h3-11,13,15H,2,12,14H2,1H3,(H2,29,30,31,32,33). The Balaban J connectivity index is 1.67. The van der Waals surface area contributed by atoms with E-state index in [0.29, 0.717) is 24.0 Å². The molecule has 0 radical (unpaired) electrons. The Kier molecular flexibility index (Phi) is 5.36. The molecule has 0 saturated carbocycles. The molecular formula is C25H22F3N5. The second kappa shape index (κ2) is 8.35. The van der Waals surface area contributed by atoms with Gasteiger partial charge in [-0.05, 0) is 43.4 Å². The van der Waals surface area contributed by atoms with Gasteiger partial charge in [-0.2, -0.15) is 18.3 Å². The van der Waals surface area contributed by atoms with Gasteiger partial charge in [0.15, 0.2) is 11.6 Å². The van der Waals surface area contributed by atoms with Crippen LogP contribution in [0.2, 0.25) is 0 Å². The zero-order valence-corrected chi connectivity index (χ0v) is 17.9. The van der Waals surface area contributed by atoms with Crippen LogP contribution in [0.25, 0.3) is 28.4 Å². The van der Waals surface area contributed by atoms with Crippen LogP contribution in [0, 0.1) is 5.92 Å². The molecule has 1 atom stereocenters. The van der Waals surface area contributed by atoms with E-state index in [-0.39, 0.29) is 11.4 Å². The van der Waals surface area contributed by atoms with Crippen LogP contribution in [-0.2, 0) is 12.6 Å². The predicted molar refractivity (Wildman–Crippen MR) is 123 cm³/mol. The van der Waals surface area contributed by atoms with E-state index in [4.69, 9.17) is 0 Å². The summed E-state index contributed by atoms with van der Waals surface area (Å²) in [6, 6.07) is 13.1. The summed E-state index contributed by atoms with van der Waals surface area (Å²) >= 11 is 0. The highest BCUT2D eigenvalue weighted by molar-refractivity contribution is 5.92. The minimum absolute atomic E-state index is 0.0389. The molecular weight excluding hydrogens is 427 g/mol. The molecule has 0 fully saturated rings. The number of hydrogen-bond donors (Lipinski definition) is 2. The van der Waals surface area contributed by atoms with Gasteiger partial charge in [0, 0.05) is 16.5 Å². The van der Waals surface area contributed by atoms with Crippen molar-refractivity contribution in [3.63, 3.8) is 0 Å². The average Bonchev–Trinajstić information content (AvgIpc) is 3.09. The van der Waals surface area contributed by atoms with E-state index >= 15 is 0 Å². The largest absolute Gasteiger partial charge is 0.417 e. The molecule has 1 unspecified atom stereocenters. The fourth-order valence-corrected chi connectivity index (χ4v) is 4.18. The lowest BCUT2D eigenvalue weighted by molar-refractivity contribution is -0.137. The van der Waals surface area contributed by atoms with E-state index in [1.54, 1.807) is 6.07 Å². The van der Waals surface area contributed by atoms with Crippen molar-refractivity contribution in [2.24, 2.45) is 5.92 Å². The molecule has 168 valence electrons. The number of para-hydroxylation sites is 1. The highest BCUT2D eigenvalue weighted by atomic mass is 19.4. The van der Waals surface area contributed by atoms with Crippen molar-refractivity contribution in [3.8, 4) is 11.4 Å². The second-order valence-corrected chi connectivity index (χ2v) is 8.11. The lowest BCUT2D eigenvalue weighted by Crippen LogP contribution is -2.10. The van der Waals surface area contributed by atoms with Crippen molar-refractivity contribution in [1.82, 2.24) is 20.2 Å². The molecule has 2 aromatic carbocycles. The Morgan fingerprint density at radius 3 is 2.64 bits per heavy atom. The number of nitrogens with one attached hydrogen (secondary N) is 2. The fraction of sp³-hybridized carbons (Fsp3) is 0.240. The molecule has 2 N–H and O–H groups in total. The second-order valence-electron chi connectivity index (χ2n) is 8.11. The number of fused-ring (bicyclic) bond motifs is 2. The molecule has 0 aliphatic heterocycles. The molecule has 33 heavy (non-hydrogen) atoms. The van der Waals surface area contributed by atoms with Crippen LogP contribution in [0.3, 0.4) is 0 Å². The summed E-state index contributed by atoms with van der Waals surface area (Å²) in [6.45, 7) is 2.12. The number of nitrogens with zero attached hydrogens (tertiary/aromatic N) is 3. The molecule has 0 saturated heterocycles. The molecule has 2 aromatic heterocycles. The van der Waals surface area contributed by atoms with Crippen molar-refractivity contribution >= 4 is 28.6 Å². The molecule has 0 spiro atoms. The Hall–Kier alpha value is -3.68. The summed E-state index contributed by atoms with van der Waals surface area (Å²) in [4.78, 5) is 9.19. The van der Waals surface area contributed by atoms with Gasteiger partial charge < -0.3 is 5.32 Å². The zero-order valence-electron chi connectivity index (χ0n) is 17.9. The maximum absolute atomic E-state index is 13.7. The fourth-order valence-electron chi connectivity index (χ4n) is 4.18. The van der Waals surface area contributed by atoms with Crippen LogP contribution in [-0.4, -0.2) is 20.2 Å². The lowest BCUT2D eigenvalue weighted by atomic mass is 10.0. The maximum Gasteiger partial charge on any atom is 0.417 e. The van der Waals surface area contributed by atoms with E-state index < -0.39 is 11.7 Å². The number of halogens is 3. The van der Waals surface area contributed by atoms with E-state index in [1.807, 2.05) is 30.3 Å². The highest BCUT2D eigenvalue weighted by Crippen LogP contribution is 2.38. The lowest BCUT2D eigenvalue weighted by Gasteiger charge is -2.16. The molecule has 4 aromatic rings. The number of benzene rings is 2. The molecule has 5 nitrogen and oxygen atoms in total. The maximum atomic E-state index is 13.7. The average molecular weight is 449 g/mol. The molecule has 0 amide bonds. The number of alkyl halides is 3. The van der Waals surface area contributed by atoms with Gasteiger partial charge in [0.2, 0.25) is 0 Å². The van der Waals surface area contributed by atoms with Gasteiger partial charge in [-0.25, -0.2) is 9.97 Å². The minimum atomic E-state index is -4.51. The van der Waals surface area contributed by atoms with Crippen LogP contribution in [0.15, 0.2) is 54.6 Å². The Morgan fingerprint density at radius 1 is 1.03 bits per heavy atom. The van der Waals surface area contributed by atoms with Crippen LogP contribution in [0.5, 0.6) is 0 Å². The molecule has 1 aliphatic carbocycles. The van der Waals surface area contributed by atoms with Gasteiger partial charge in [-0.3, -0.25) is 5.10 Å². The summed E-state index contributed by atoms with van der Waals surface area (Å²) in [6.07, 6.45) is 2.11. The number of rotatable bonds is 4. The van der Waals surface area contributed by atoms with E-state index in [9.17, 15) is 13.2 Å². The van der Waals surface area contributed by atoms with Crippen LogP contribution < -0.4 is 5.32 Å². The Bertz CT molecular complexity index is 1340. The van der Waals surface area contributed by atoms with E-state index in [2.05, 4.69) is 38.5 Å². The predicted octanol–water partition coefficient (Wildman–Crippen LogP) is 6.77. The summed E-state index contributed by atoms with van der Waals surface area (Å²) in [5.74, 6) is 1.43. The van der Waals surface area contributed by atoms with E-state index in [0.717, 1.165) is 41.1 Å². The number of allylic oxidation sites excluding steroid dienone is 1. The summed E-state index contributed by atoms with van der Waals surface area (Å²) in [5.41, 5.74) is 1.57. The third-order valence-electron chi connectivity index (χ3n) is 6.02. The number of H-pyrrole nitrogens is 1. The quantitative estimate of drug-likeness (QED) is 0.361. The first-order chi connectivity index (χ1) is 15.9. The normalized spacial score (nSPS) is 15.9.